The molecule has 0 radical (unpaired) electrons. The van der Waals surface area contributed by atoms with E-state index in [0.29, 0.717) is 41.7 Å². The molecule has 0 heterocycles. The second-order valence-corrected chi connectivity index (χ2v) is 5.84. The number of nitrogens with one attached hydrogen (secondary N) is 2. The first kappa shape index (κ1) is 21.7. The number of carbonyl (C=O) groups is 2. The summed E-state index contributed by atoms with van der Waals surface area (Å²) in [7, 11) is 1.48. The SMILES string of the molecule is CCCOc1ccc(/C=N\NC(=O)C(=O)Nc2ccccc2OC)cc1OCC. The van der Waals surface area contributed by atoms with Gasteiger partial charge in [-0.25, -0.2) is 5.43 Å². The van der Waals surface area contributed by atoms with E-state index in [1.54, 1.807) is 42.5 Å². The number of rotatable bonds is 9. The molecule has 0 aromatic heterocycles. The van der Waals surface area contributed by atoms with Crippen molar-refractivity contribution in [3.8, 4) is 17.2 Å². The molecule has 0 unspecified atom stereocenters. The number of benzene rings is 2. The van der Waals surface area contributed by atoms with Gasteiger partial charge in [-0.15, -0.1) is 0 Å². The average molecular weight is 399 g/mol. The summed E-state index contributed by atoms with van der Waals surface area (Å²) in [4.78, 5) is 24.0. The third-order valence-electron chi connectivity index (χ3n) is 3.67. The van der Waals surface area contributed by atoms with Crippen LogP contribution in [0.3, 0.4) is 0 Å². The number of hydrogen-bond acceptors (Lipinski definition) is 6. The third kappa shape index (κ3) is 6.53. The van der Waals surface area contributed by atoms with Crippen molar-refractivity contribution in [3.63, 3.8) is 0 Å². The molecule has 2 aromatic carbocycles. The Hall–Kier alpha value is -3.55. The van der Waals surface area contributed by atoms with Crippen LogP contribution >= 0.6 is 0 Å². The van der Waals surface area contributed by atoms with Gasteiger partial charge in [-0.3, -0.25) is 9.59 Å². The largest absolute Gasteiger partial charge is 0.495 e. The van der Waals surface area contributed by atoms with Crippen molar-refractivity contribution < 1.29 is 23.8 Å². The van der Waals surface area contributed by atoms with Gasteiger partial charge in [0.15, 0.2) is 11.5 Å². The standard InChI is InChI=1S/C21H25N3O5/c1-4-12-29-18-11-10-15(13-19(18)28-5-2)14-22-24-21(26)20(25)23-16-8-6-7-9-17(16)27-3/h6-11,13-14H,4-5,12H2,1-3H3,(H,23,25)(H,24,26)/b22-14-. The molecule has 154 valence electrons. The maximum absolute atomic E-state index is 12.0. The maximum atomic E-state index is 12.0. The minimum absolute atomic E-state index is 0.392. The number of amides is 2. The molecule has 0 atom stereocenters. The fraction of sp³-hybridized carbons (Fsp3) is 0.286. The van der Waals surface area contributed by atoms with Crippen molar-refractivity contribution in [3.05, 3.63) is 48.0 Å². The van der Waals surface area contributed by atoms with Gasteiger partial charge in [-0.05, 0) is 49.2 Å². The van der Waals surface area contributed by atoms with Crippen LogP contribution in [0, 0.1) is 0 Å². The Kier molecular flexibility index (Phi) is 8.50. The summed E-state index contributed by atoms with van der Waals surface area (Å²) in [5.74, 6) is -0.0766. The number of hydrazone groups is 1. The molecule has 0 saturated carbocycles. The van der Waals surface area contributed by atoms with Gasteiger partial charge in [0, 0.05) is 0 Å². The molecule has 0 spiro atoms. The van der Waals surface area contributed by atoms with Gasteiger partial charge < -0.3 is 19.5 Å². The molecule has 0 aliphatic rings. The van der Waals surface area contributed by atoms with Gasteiger partial charge in [0.2, 0.25) is 0 Å². The van der Waals surface area contributed by atoms with Crippen molar-refractivity contribution in [2.75, 3.05) is 25.6 Å². The molecule has 2 amide bonds. The van der Waals surface area contributed by atoms with E-state index in [1.165, 1.54) is 13.3 Å². The zero-order chi connectivity index (χ0) is 21.1. The van der Waals surface area contributed by atoms with E-state index in [0.717, 1.165) is 6.42 Å². The fourth-order valence-corrected chi connectivity index (χ4v) is 2.35. The topological polar surface area (TPSA) is 98.2 Å². The van der Waals surface area contributed by atoms with Gasteiger partial charge >= 0.3 is 11.8 Å². The maximum Gasteiger partial charge on any atom is 0.329 e. The number of nitrogens with zero attached hydrogens (tertiary/aromatic N) is 1. The van der Waals surface area contributed by atoms with E-state index in [2.05, 4.69) is 15.8 Å². The summed E-state index contributed by atoms with van der Waals surface area (Å²) in [5.41, 5.74) is 3.27. The molecule has 0 bridgehead atoms. The Morgan fingerprint density at radius 2 is 1.79 bits per heavy atom. The number of para-hydroxylation sites is 2. The quantitative estimate of drug-likeness (QED) is 0.384. The average Bonchev–Trinajstić information content (AvgIpc) is 2.73. The van der Waals surface area contributed by atoms with E-state index in [1.807, 2.05) is 13.8 Å². The smallest absolute Gasteiger partial charge is 0.329 e. The van der Waals surface area contributed by atoms with Gasteiger partial charge in [0.25, 0.3) is 0 Å². The fourth-order valence-electron chi connectivity index (χ4n) is 2.35. The highest BCUT2D eigenvalue weighted by atomic mass is 16.5. The van der Waals surface area contributed by atoms with E-state index in [9.17, 15) is 9.59 Å². The predicted molar refractivity (Wildman–Crippen MR) is 111 cm³/mol. The monoisotopic (exact) mass is 399 g/mol. The lowest BCUT2D eigenvalue weighted by molar-refractivity contribution is -0.136. The normalized spacial score (nSPS) is 10.4. The Morgan fingerprint density at radius 1 is 1.00 bits per heavy atom. The highest BCUT2D eigenvalue weighted by Gasteiger charge is 2.15. The summed E-state index contributed by atoms with van der Waals surface area (Å²) in [6.45, 7) is 4.98. The number of ether oxygens (including phenoxy) is 3. The molecule has 29 heavy (non-hydrogen) atoms. The lowest BCUT2D eigenvalue weighted by atomic mass is 10.2. The van der Waals surface area contributed by atoms with Crippen LogP contribution in [-0.2, 0) is 9.59 Å². The first-order valence-electron chi connectivity index (χ1n) is 9.26. The highest BCUT2D eigenvalue weighted by molar-refractivity contribution is 6.39. The van der Waals surface area contributed by atoms with Gasteiger partial charge in [-0.2, -0.15) is 5.10 Å². The lowest BCUT2D eigenvalue weighted by Crippen LogP contribution is -2.32. The van der Waals surface area contributed by atoms with Crippen molar-refractivity contribution in [2.24, 2.45) is 5.10 Å². The van der Waals surface area contributed by atoms with Crippen molar-refractivity contribution in [2.45, 2.75) is 20.3 Å². The molecule has 0 aliphatic heterocycles. The number of anilines is 1. The summed E-state index contributed by atoms with van der Waals surface area (Å²) in [6, 6.07) is 12.1. The van der Waals surface area contributed by atoms with E-state index in [-0.39, 0.29) is 0 Å². The second kappa shape index (κ2) is 11.3. The number of hydrogen-bond donors (Lipinski definition) is 2. The third-order valence-corrected chi connectivity index (χ3v) is 3.67. The summed E-state index contributed by atoms with van der Waals surface area (Å²) in [6.07, 6.45) is 2.30. The van der Waals surface area contributed by atoms with E-state index in [4.69, 9.17) is 14.2 Å². The van der Waals surface area contributed by atoms with Crippen molar-refractivity contribution >= 4 is 23.7 Å². The molecule has 2 aromatic rings. The molecule has 8 heteroatoms. The Morgan fingerprint density at radius 3 is 2.52 bits per heavy atom. The lowest BCUT2D eigenvalue weighted by Gasteiger charge is -2.11. The zero-order valence-electron chi connectivity index (χ0n) is 16.7. The van der Waals surface area contributed by atoms with Crippen LogP contribution in [0.25, 0.3) is 0 Å². The minimum Gasteiger partial charge on any atom is -0.495 e. The van der Waals surface area contributed by atoms with Gasteiger partial charge in [0.1, 0.15) is 5.75 Å². The summed E-state index contributed by atoms with van der Waals surface area (Å²) < 4.78 is 16.4. The summed E-state index contributed by atoms with van der Waals surface area (Å²) in [5, 5.41) is 6.30. The van der Waals surface area contributed by atoms with Crippen LogP contribution < -0.4 is 25.0 Å². The second-order valence-electron chi connectivity index (χ2n) is 5.84. The van der Waals surface area contributed by atoms with Crippen LogP contribution in [0.15, 0.2) is 47.6 Å². The molecular formula is C21H25N3O5. The van der Waals surface area contributed by atoms with Gasteiger partial charge in [0.05, 0.1) is 32.2 Å². The molecule has 2 N–H and O–H groups in total. The van der Waals surface area contributed by atoms with Crippen molar-refractivity contribution in [1.82, 2.24) is 5.43 Å². The zero-order valence-corrected chi connectivity index (χ0v) is 16.7. The van der Waals surface area contributed by atoms with Crippen molar-refractivity contribution in [1.29, 1.82) is 0 Å². The summed E-state index contributed by atoms with van der Waals surface area (Å²) >= 11 is 0. The van der Waals surface area contributed by atoms with Gasteiger partial charge in [-0.1, -0.05) is 19.1 Å². The molecule has 8 nitrogen and oxygen atoms in total. The van der Waals surface area contributed by atoms with Crippen LogP contribution in [-0.4, -0.2) is 38.4 Å². The molecule has 0 aliphatic carbocycles. The first-order valence-corrected chi connectivity index (χ1v) is 9.26. The highest BCUT2D eigenvalue weighted by Crippen LogP contribution is 2.28. The Bertz CT molecular complexity index is 867. The van der Waals surface area contributed by atoms with Crippen LogP contribution in [0.2, 0.25) is 0 Å². The van der Waals surface area contributed by atoms with Crippen LogP contribution in [0.5, 0.6) is 17.2 Å². The van der Waals surface area contributed by atoms with Crippen LogP contribution in [0.1, 0.15) is 25.8 Å². The molecule has 2 rings (SSSR count). The minimum atomic E-state index is -0.903. The molecule has 0 fully saturated rings. The van der Waals surface area contributed by atoms with E-state index < -0.39 is 11.8 Å². The number of carbonyl (C=O) groups excluding carboxylic acids is 2. The predicted octanol–water partition coefficient (Wildman–Crippen LogP) is 2.97. The Labute approximate surface area is 169 Å². The molecule has 0 saturated heterocycles. The molecular weight excluding hydrogens is 374 g/mol. The van der Waals surface area contributed by atoms with Crippen LogP contribution in [0.4, 0.5) is 5.69 Å². The number of methoxy groups -OCH3 is 1. The first-order chi connectivity index (χ1) is 14.1. The van der Waals surface area contributed by atoms with E-state index >= 15 is 0 Å². The Balaban J connectivity index is 1.98.